The summed E-state index contributed by atoms with van der Waals surface area (Å²) in [6, 6.07) is 0. The fourth-order valence-electron chi connectivity index (χ4n) is 2.34. The fraction of sp³-hybridized carbons (Fsp3) is 0.583. The van der Waals surface area contributed by atoms with Crippen molar-refractivity contribution >= 4 is 17.5 Å². The number of fused-ring (bicyclic) bond motifs is 1. The third-order valence-corrected chi connectivity index (χ3v) is 3.36. The van der Waals surface area contributed by atoms with Gasteiger partial charge in [0.25, 0.3) is 0 Å². The van der Waals surface area contributed by atoms with Gasteiger partial charge in [-0.1, -0.05) is 0 Å². The quantitative estimate of drug-likeness (QED) is 0.798. The normalized spacial score (nSPS) is 20.0. The minimum Gasteiger partial charge on any atom is -0.379 e. The second kappa shape index (κ2) is 5.50. The maximum Gasteiger partial charge on any atom is 0.245 e. The van der Waals surface area contributed by atoms with Crippen molar-refractivity contribution in [3.63, 3.8) is 0 Å². The summed E-state index contributed by atoms with van der Waals surface area (Å²) in [4.78, 5) is 24.4. The number of hydrogen-bond acceptors (Lipinski definition) is 6. The molecule has 7 nitrogen and oxygen atoms in total. The van der Waals surface area contributed by atoms with Crippen LogP contribution in [0.4, 0.5) is 11.6 Å². The van der Waals surface area contributed by atoms with Crippen LogP contribution >= 0.6 is 0 Å². The van der Waals surface area contributed by atoms with Crippen LogP contribution in [0.25, 0.3) is 0 Å². The molecule has 1 amide bonds. The molecule has 1 saturated heterocycles. The average molecular weight is 263 g/mol. The Bertz CT molecular complexity index is 461. The SMILES string of the molecule is O=C1CN(CCN2CCOCC2)c2nccnc2N1. The summed E-state index contributed by atoms with van der Waals surface area (Å²) in [6.45, 7) is 5.51. The van der Waals surface area contributed by atoms with Crippen LogP contribution in [0.15, 0.2) is 12.4 Å². The van der Waals surface area contributed by atoms with E-state index in [1.807, 2.05) is 4.90 Å². The van der Waals surface area contributed by atoms with Gasteiger partial charge in [0, 0.05) is 38.6 Å². The summed E-state index contributed by atoms with van der Waals surface area (Å²) in [5.74, 6) is 1.28. The standard InChI is InChI=1S/C12H17N5O2/c18-10-9-17(4-3-16-5-7-19-8-6-16)12-11(15-10)13-1-2-14-12/h1-2H,3-9H2,(H,13,15,18). The molecule has 1 N–H and O–H groups in total. The zero-order valence-electron chi connectivity index (χ0n) is 10.7. The summed E-state index contributed by atoms with van der Waals surface area (Å²) >= 11 is 0. The topological polar surface area (TPSA) is 70.6 Å². The van der Waals surface area contributed by atoms with E-state index in [-0.39, 0.29) is 5.91 Å². The molecule has 1 fully saturated rings. The Morgan fingerprint density at radius 2 is 2.00 bits per heavy atom. The minimum absolute atomic E-state index is 0.0324. The Kier molecular flexibility index (Phi) is 3.56. The van der Waals surface area contributed by atoms with E-state index < -0.39 is 0 Å². The van der Waals surface area contributed by atoms with Gasteiger partial charge in [0.15, 0.2) is 11.6 Å². The van der Waals surface area contributed by atoms with Crippen LogP contribution < -0.4 is 10.2 Å². The monoisotopic (exact) mass is 263 g/mol. The maximum atomic E-state index is 11.6. The zero-order chi connectivity index (χ0) is 13.1. The molecule has 19 heavy (non-hydrogen) atoms. The van der Waals surface area contributed by atoms with Crippen LogP contribution in [0.3, 0.4) is 0 Å². The number of morpholine rings is 1. The molecule has 0 spiro atoms. The molecule has 1 aromatic rings. The molecule has 102 valence electrons. The molecule has 2 aliphatic rings. The van der Waals surface area contributed by atoms with Gasteiger partial charge < -0.3 is 15.0 Å². The highest BCUT2D eigenvalue weighted by molar-refractivity contribution is 5.98. The Morgan fingerprint density at radius 1 is 1.21 bits per heavy atom. The van der Waals surface area contributed by atoms with E-state index in [9.17, 15) is 4.79 Å². The summed E-state index contributed by atoms with van der Waals surface area (Å²) in [5.41, 5.74) is 0. The third-order valence-electron chi connectivity index (χ3n) is 3.36. The van der Waals surface area contributed by atoms with Crippen LogP contribution in [-0.2, 0) is 9.53 Å². The van der Waals surface area contributed by atoms with Crippen molar-refractivity contribution < 1.29 is 9.53 Å². The second-order valence-electron chi connectivity index (χ2n) is 4.65. The van der Waals surface area contributed by atoms with E-state index in [4.69, 9.17) is 4.74 Å². The molecule has 1 aromatic heterocycles. The smallest absolute Gasteiger partial charge is 0.245 e. The number of carbonyl (C=O) groups is 1. The lowest BCUT2D eigenvalue weighted by atomic mass is 10.3. The zero-order valence-corrected chi connectivity index (χ0v) is 10.7. The molecule has 0 unspecified atom stereocenters. The van der Waals surface area contributed by atoms with E-state index in [1.165, 1.54) is 0 Å². The van der Waals surface area contributed by atoms with Gasteiger partial charge >= 0.3 is 0 Å². The van der Waals surface area contributed by atoms with Gasteiger partial charge in [0.1, 0.15) is 0 Å². The van der Waals surface area contributed by atoms with E-state index in [1.54, 1.807) is 12.4 Å². The Balaban J connectivity index is 1.65. The molecular formula is C12H17N5O2. The van der Waals surface area contributed by atoms with Crippen molar-refractivity contribution in [1.29, 1.82) is 0 Å². The maximum absolute atomic E-state index is 11.6. The average Bonchev–Trinajstić information content (AvgIpc) is 2.45. The van der Waals surface area contributed by atoms with Crippen molar-refractivity contribution in [2.24, 2.45) is 0 Å². The highest BCUT2D eigenvalue weighted by Crippen LogP contribution is 2.23. The van der Waals surface area contributed by atoms with E-state index >= 15 is 0 Å². The third kappa shape index (κ3) is 2.82. The van der Waals surface area contributed by atoms with Gasteiger partial charge in [-0.15, -0.1) is 0 Å². The summed E-state index contributed by atoms with van der Waals surface area (Å²) < 4.78 is 5.32. The summed E-state index contributed by atoms with van der Waals surface area (Å²) in [5, 5.41) is 2.74. The molecule has 7 heteroatoms. The van der Waals surface area contributed by atoms with Crippen LogP contribution in [0.2, 0.25) is 0 Å². The van der Waals surface area contributed by atoms with Gasteiger partial charge in [-0.05, 0) is 0 Å². The number of nitrogens with zero attached hydrogens (tertiary/aromatic N) is 4. The molecule has 0 radical (unpaired) electrons. The lowest BCUT2D eigenvalue weighted by molar-refractivity contribution is -0.115. The van der Waals surface area contributed by atoms with Gasteiger partial charge in [0.05, 0.1) is 19.8 Å². The van der Waals surface area contributed by atoms with Crippen LogP contribution in [-0.4, -0.2) is 66.7 Å². The van der Waals surface area contributed by atoms with Crippen LogP contribution in [0, 0.1) is 0 Å². The van der Waals surface area contributed by atoms with Crippen molar-refractivity contribution in [3.05, 3.63) is 12.4 Å². The number of aromatic nitrogens is 2. The molecule has 0 aliphatic carbocycles. The number of amides is 1. The number of hydrogen-bond donors (Lipinski definition) is 1. The van der Waals surface area contributed by atoms with Crippen molar-refractivity contribution in [2.45, 2.75) is 0 Å². The van der Waals surface area contributed by atoms with Gasteiger partial charge in [0.2, 0.25) is 5.91 Å². The van der Waals surface area contributed by atoms with Crippen LogP contribution in [0.1, 0.15) is 0 Å². The Morgan fingerprint density at radius 3 is 2.84 bits per heavy atom. The number of rotatable bonds is 3. The summed E-state index contributed by atoms with van der Waals surface area (Å²) in [6.07, 6.45) is 3.24. The molecule has 0 bridgehead atoms. The first-order valence-corrected chi connectivity index (χ1v) is 6.49. The van der Waals surface area contributed by atoms with Gasteiger partial charge in [-0.3, -0.25) is 9.69 Å². The van der Waals surface area contributed by atoms with E-state index in [2.05, 4.69) is 20.2 Å². The van der Waals surface area contributed by atoms with Crippen molar-refractivity contribution in [3.8, 4) is 0 Å². The van der Waals surface area contributed by atoms with E-state index in [0.29, 0.717) is 12.4 Å². The van der Waals surface area contributed by atoms with Crippen LogP contribution in [0.5, 0.6) is 0 Å². The number of carbonyl (C=O) groups excluding carboxylic acids is 1. The highest BCUT2D eigenvalue weighted by atomic mass is 16.5. The molecule has 0 aromatic carbocycles. The molecule has 2 aliphatic heterocycles. The first-order chi connectivity index (χ1) is 9.33. The Labute approximate surface area is 111 Å². The van der Waals surface area contributed by atoms with Crippen molar-refractivity contribution in [2.75, 3.05) is 56.2 Å². The first kappa shape index (κ1) is 12.3. The number of nitrogens with one attached hydrogen (secondary N) is 1. The van der Waals surface area contributed by atoms with Crippen molar-refractivity contribution in [1.82, 2.24) is 14.9 Å². The van der Waals surface area contributed by atoms with E-state index in [0.717, 1.165) is 45.2 Å². The summed E-state index contributed by atoms with van der Waals surface area (Å²) in [7, 11) is 0. The highest BCUT2D eigenvalue weighted by Gasteiger charge is 2.24. The lowest BCUT2D eigenvalue weighted by Crippen LogP contribution is -2.45. The molecule has 0 atom stereocenters. The predicted octanol–water partition coefficient (Wildman–Crippen LogP) is -0.433. The molecular weight excluding hydrogens is 246 g/mol. The Hall–Kier alpha value is -1.73. The molecule has 3 heterocycles. The lowest BCUT2D eigenvalue weighted by Gasteiger charge is -2.32. The first-order valence-electron chi connectivity index (χ1n) is 6.49. The molecule has 3 rings (SSSR count). The number of ether oxygens (including phenoxy) is 1. The fourth-order valence-corrected chi connectivity index (χ4v) is 2.34. The van der Waals surface area contributed by atoms with Gasteiger partial charge in [-0.25, -0.2) is 9.97 Å². The second-order valence-corrected chi connectivity index (χ2v) is 4.65. The number of anilines is 2. The largest absolute Gasteiger partial charge is 0.379 e. The minimum atomic E-state index is -0.0324. The molecule has 0 saturated carbocycles. The van der Waals surface area contributed by atoms with Gasteiger partial charge in [-0.2, -0.15) is 0 Å². The predicted molar refractivity (Wildman–Crippen MR) is 70.1 cm³/mol.